The summed E-state index contributed by atoms with van der Waals surface area (Å²) in [6.45, 7) is 0. The Bertz CT molecular complexity index is 878. The van der Waals surface area contributed by atoms with Crippen LogP contribution >= 0.6 is 11.8 Å². The maximum Gasteiger partial charge on any atom is 0.346 e. The number of nitrogens with zero attached hydrogens (tertiary/aromatic N) is 2. The van der Waals surface area contributed by atoms with Crippen LogP contribution < -0.4 is 0 Å². The van der Waals surface area contributed by atoms with Crippen LogP contribution in [0, 0.1) is 66.8 Å². The molecule has 0 saturated heterocycles. The lowest BCUT2D eigenvalue weighted by Crippen LogP contribution is -2.08. The molecule has 0 spiro atoms. The Hall–Kier alpha value is -2.97. The molecule has 0 heterocycles. The van der Waals surface area contributed by atoms with E-state index in [9.17, 15) is 55.4 Å². The Morgan fingerprint density at radius 2 is 0.741 bits per heavy atom. The second-order valence-corrected chi connectivity index (χ2v) is 5.50. The molecule has 0 aliphatic carbocycles. The zero-order chi connectivity index (χ0) is 20.8. The summed E-state index contributed by atoms with van der Waals surface area (Å²) in [6.07, 6.45) is 0. The molecule has 0 aliphatic rings. The first-order chi connectivity index (χ1) is 12.4. The van der Waals surface area contributed by atoms with Gasteiger partial charge < -0.3 is 0 Å². The lowest BCUT2D eigenvalue weighted by molar-refractivity contribution is -0.391. The van der Waals surface area contributed by atoms with Crippen molar-refractivity contribution in [1.82, 2.24) is 0 Å². The van der Waals surface area contributed by atoms with Gasteiger partial charge in [0.15, 0.2) is 23.3 Å². The molecule has 0 saturated carbocycles. The number of benzene rings is 2. The van der Waals surface area contributed by atoms with Crippen molar-refractivity contribution in [2.75, 3.05) is 0 Å². The van der Waals surface area contributed by atoms with Gasteiger partial charge in [-0.1, -0.05) is 11.8 Å². The molecule has 2 rings (SSSR count). The van der Waals surface area contributed by atoms with Crippen molar-refractivity contribution in [3.05, 3.63) is 66.8 Å². The van der Waals surface area contributed by atoms with Crippen molar-refractivity contribution in [1.29, 1.82) is 0 Å². The average Bonchev–Trinajstić information content (AvgIpc) is 2.57. The highest BCUT2D eigenvalue weighted by Crippen LogP contribution is 2.42. The summed E-state index contributed by atoms with van der Waals surface area (Å²) in [7, 11) is 0. The van der Waals surface area contributed by atoms with Crippen LogP contribution in [0.1, 0.15) is 0 Å². The normalized spacial score (nSPS) is 11.0. The lowest BCUT2D eigenvalue weighted by atomic mass is 10.2. The Balaban J connectivity index is 2.76. The highest BCUT2D eigenvalue weighted by Gasteiger charge is 2.37. The van der Waals surface area contributed by atoms with Gasteiger partial charge in [0.1, 0.15) is 0 Å². The first kappa shape index (κ1) is 20.3. The van der Waals surface area contributed by atoms with Crippen molar-refractivity contribution < 1.29 is 45.0 Å². The Kier molecular flexibility index (Phi) is 5.26. The number of rotatable bonds is 4. The van der Waals surface area contributed by atoms with Crippen LogP contribution in [-0.2, 0) is 0 Å². The van der Waals surface area contributed by atoms with Crippen LogP contribution in [0.25, 0.3) is 0 Å². The molecule has 0 unspecified atom stereocenters. The summed E-state index contributed by atoms with van der Waals surface area (Å²) in [6, 6.07) is 0. The van der Waals surface area contributed by atoms with Crippen LogP contribution in [0.4, 0.5) is 46.5 Å². The molecule has 15 heteroatoms. The van der Waals surface area contributed by atoms with Gasteiger partial charge in [0.2, 0.25) is 23.3 Å². The number of hydrogen-bond acceptors (Lipinski definition) is 5. The molecule has 144 valence electrons. The molecule has 0 bridgehead atoms. The Labute approximate surface area is 145 Å². The molecular formula is C12F8N2O4S. The predicted octanol–water partition coefficient (Wildman–Crippen LogP) is 4.77. The topological polar surface area (TPSA) is 86.3 Å². The first-order valence-electron chi connectivity index (χ1n) is 6.10. The first-order valence-corrected chi connectivity index (χ1v) is 6.91. The molecule has 2 aromatic carbocycles. The second-order valence-electron chi connectivity index (χ2n) is 4.48. The monoisotopic (exact) mass is 420 g/mol. The quantitative estimate of drug-likeness (QED) is 0.308. The Morgan fingerprint density at radius 3 is 0.926 bits per heavy atom. The predicted molar refractivity (Wildman–Crippen MR) is 70.0 cm³/mol. The van der Waals surface area contributed by atoms with Gasteiger partial charge >= 0.3 is 11.4 Å². The van der Waals surface area contributed by atoms with Crippen molar-refractivity contribution in [2.24, 2.45) is 0 Å². The summed E-state index contributed by atoms with van der Waals surface area (Å²) >= 11 is -0.914. The van der Waals surface area contributed by atoms with Gasteiger partial charge in [-0.15, -0.1) is 0 Å². The molecule has 0 aromatic heterocycles. The van der Waals surface area contributed by atoms with Gasteiger partial charge in [-0.2, -0.15) is 17.6 Å². The van der Waals surface area contributed by atoms with E-state index in [2.05, 4.69) is 0 Å². The van der Waals surface area contributed by atoms with Crippen molar-refractivity contribution in [3.8, 4) is 0 Å². The SMILES string of the molecule is O=[N+]([O-])c1c(F)c(F)c(Sc2c(F)c(F)c([N+](=O)[O-])c(F)c2F)c(F)c1F. The van der Waals surface area contributed by atoms with Crippen molar-refractivity contribution in [3.63, 3.8) is 0 Å². The third-order valence-corrected chi connectivity index (χ3v) is 4.09. The molecule has 0 N–H and O–H groups in total. The molecule has 27 heavy (non-hydrogen) atoms. The minimum Gasteiger partial charge on any atom is -0.258 e. The highest BCUT2D eigenvalue weighted by molar-refractivity contribution is 7.99. The fourth-order valence-corrected chi connectivity index (χ4v) is 2.72. The summed E-state index contributed by atoms with van der Waals surface area (Å²) in [5.41, 5.74) is -4.51. The van der Waals surface area contributed by atoms with Crippen LogP contribution in [-0.4, -0.2) is 9.85 Å². The van der Waals surface area contributed by atoms with Crippen LogP contribution in [0.15, 0.2) is 9.79 Å². The zero-order valence-corrected chi connectivity index (χ0v) is 12.8. The van der Waals surface area contributed by atoms with Gasteiger partial charge in [0.25, 0.3) is 0 Å². The van der Waals surface area contributed by atoms with E-state index in [4.69, 9.17) is 0 Å². The molecular weight excluding hydrogens is 420 g/mol. The largest absolute Gasteiger partial charge is 0.346 e. The minimum atomic E-state index is -2.55. The average molecular weight is 420 g/mol. The van der Waals surface area contributed by atoms with E-state index in [1.165, 1.54) is 0 Å². The molecule has 0 atom stereocenters. The van der Waals surface area contributed by atoms with Gasteiger partial charge in [-0.05, 0) is 0 Å². The summed E-state index contributed by atoms with van der Waals surface area (Å²) in [5.74, 6) is -20.1. The molecule has 0 radical (unpaired) electrons. The molecule has 0 aliphatic heterocycles. The number of nitro benzene ring substituents is 2. The van der Waals surface area contributed by atoms with Crippen LogP contribution in [0.5, 0.6) is 0 Å². The van der Waals surface area contributed by atoms with E-state index in [-0.39, 0.29) is 0 Å². The van der Waals surface area contributed by atoms with Gasteiger partial charge in [0, 0.05) is 0 Å². The van der Waals surface area contributed by atoms with Crippen molar-refractivity contribution >= 4 is 23.1 Å². The fourth-order valence-electron chi connectivity index (χ4n) is 1.80. The standard InChI is InChI=1S/C12F8N2O4S/c13-1-5(17)11(6(18)2(14)9(1)21(23)24)27-12-7(19)3(15)10(22(25)26)4(16)8(12)20. The van der Waals surface area contributed by atoms with Crippen molar-refractivity contribution in [2.45, 2.75) is 9.79 Å². The molecule has 0 fully saturated rings. The van der Waals surface area contributed by atoms with Crippen LogP contribution in [0.3, 0.4) is 0 Å². The zero-order valence-electron chi connectivity index (χ0n) is 12.0. The highest BCUT2D eigenvalue weighted by atomic mass is 32.2. The van der Waals surface area contributed by atoms with E-state index in [1.54, 1.807) is 0 Å². The fraction of sp³-hybridized carbons (Fsp3) is 0. The maximum atomic E-state index is 13.8. The second kappa shape index (κ2) is 6.98. The third kappa shape index (κ3) is 3.13. The van der Waals surface area contributed by atoms with Crippen LogP contribution in [0.2, 0.25) is 0 Å². The van der Waals surface area contributed by atoms with E-state index >= 15 is 0 Å². The number of nitro groups is 2. The summed E-state index contributed by atoms with van der Waals surface area (Å²) < 4.78 is 109. The van der Waals surface area contributed by atoms with Gasteiger partial charge in [-0.3, -0.25) is 20.2 Å². The third-order valence-electron chi connectivity index (χ3n) is 2.97. The molecule has 2 aromatic rings. The smallest absolute Gasteiger partial charge is 0.258 e. The summed E-state index contributed by atoms with van der Waals surface area (Å²) in [5, 5.41) is 20.8. The molecule has 6 nitrogen and oxygen atoms in total. The van der Waals surface area contributed by atoms with Gasteiger partial charge in [-0.25, -0.2) is 17.6 Å². The van der Waals surface area contributed by atoms with E-state index in [0.29, 0.717) is 0 Å². The Morgan fingerprint density at radius 1 is 0.519 bits per heavy atom. The minimum absolute atomic E-state index is 0.914. The van der Waals surface area contributed by atoms with E-state index < -0.39 is 89.3 Å². The number of halogens is 8. The van der Waals surface area contributed by atoms with E-state index in [0.717, 1.165) is 0 Å². The van der Waals surface area contributed by atoms with Gasteiger partial charge in [0.05, 0.1) is 19.6 Å². The summed E-state index contributed by atoms with van der Waals surface area (Å²) in [4.78, 5) is 13.4. The molecule has 0 amide bonds. The van der Waals surface area contributed by atoms with E-state index in [1.807, 2.05) is 0 Å². The lowest BCUT2D eigenvalue weighted by Gasteiger charge is -2.10. The maximum absolute atomic E-state index is 13.8. The number of hydrogen-bond donors (Lipinski definition) is 0.